The second-order valence-corrected chi connectivity index (χ2v) is 4.70. The molecule has 6 heteroatoms. The summed E-state index contributed by atoms with van der Waals surface area (Å²) in [4.78, 5) is 14.5. The van der Waals surface area contributed by atoms with Crippen LogP contribution in [-0.2, 0) is 6.54 Å². The molecule has 0 aliphatic rings. The topological polar surface area (TPSA) is 70.2 Å². The third-order valence-corrected chi connectivity index (χ3v) is 3.14. The summed E-state index contributed by atoms with van der Waals surface area (Å²) in [5.74, 6) is 1.27. The Bertz CT molecular complexity index is 771. The Kier molecular flexibility index (Phi) is 3.82. The van der Waals surface area contributed by atoms with Gasteiger partial charge in [-0.05, 0) is 18.2 Å². The highest BCUT2D eigenvalue weighted by atomic mass is 16.6. The van der Waals surface area contributed by atoms with E-state index in [9.17, 15) is 10.1 Å². The molecule has 2 aromatic carbocycles. The Morgan fingerprint density at radius 2 is 2.00 bits per heavy atom. The molecule has 0 spiro atoms. The first kappa shape index (κ1) is 13.8. The SMILES string of the molecule is O=[N+]([O-])c1ccc(Oc2ccccc2)c(Cn2ccnc2)c1. The molecule has 0 fully saturated rings. The van der Waals surface area contributed by atoms with Gasteiger partial charge in [-0.25, -0.2) is 4.98 Å². The van der Waals surface area contributed by atoms with Crippen molar-refractivity contribution in [3.8, 4) is 11.5 Å². The molecule has 22 heavy (non-hydrogen) atoms. The van der Waals surface area contributed by atoms with E-state index in [1.54, 1.807) is 24.8 Å². The third-order valence-electron chi connectivity index (χ3n) is 3.14. The van der Waals surface area contributed by atoms with Gasteiger partial charge in [0, 0.05) is 30.1 Å². The van der Waals surface area contributed by atoms with Crippen LogP contribution in [0.15, 0.2) is 67.3 Å². The number of nitro groups is 1. The fourth-order valence-corrected chi connectivity index (χ4v) is 2.10. The van der Waals surface area contributed by atoms with E-state index < -0.39 is 4.92 Å². The molecular weight excluding hydrogens is 282 g/mol. The number of non-ortho nitro benzene ring substituents is 1. The van der Waals surface area contributed by atoms with Crippen molar-refractivity contribution < 1.29 is 9.66 Å². The van der Waals surface area contributed by atoms with Gasteiger partial charge < -0.3 is 9.30 Å². The lowest BCUT2D eigenvalue weighted by Crippen LogP contribution is -2.01. The van der Waals surface area contributed by atoms with Gasteiger partial charge in [0.05, 0.1) is 17.8 Å². The summed E-state index contributed by atoms with van der Waals surface area (Å²) in [6.07, 6.45) is 5.12. The predicted octanol–water partition coefficient (Wildman–Crippen LogP) is 3.63. The summed E-state index contributed by atoms with van der Waals surface area (Å²) in [6, 6.07) is 13.9. The number of nitrogens with zero attached hydrogens (tertiary/aromatic N) is 3. The van der Waals surface area contributed by atoms with Crippen molar-refractivity contribution in [2.75, 3.05) is 0 Å². The van der Waals surface area contributed by atoms with E-state index in [2.05, 4.69) is 4.98 Å². The molecule has 0 amide bonds. The number of para-hydroxylation sites is 1. The summed E-state index contributed by atoms with van der Waals surface area (Å²) in [6.45, 7) is 0.448. The number of imidazole rings is 1. The average Bonchev–Trinajstić information content (AvgIpc) is 3.03. The van der Waals surface area contributed by atoms with Crippen LogP contribution >= 0.6 is 0 Å². The van der Waals surface area contributed by atoms with Crippen molar-refractivity contribution in [3.05, 3.63) is 82.9 Å². The van der Waals surface area contributed by atoms with Crippen molar-refractivity contribution in [1.82, 2.24) is 9.55 Å². The quantitative estimate of drug-likeness (QED) is 0.532. The van der Waals surface area contributed by atoms with Crippen molar-refractivity contribution >= 4 is 5.69 Å². The number of hydrogen-bond acceptors (Lipinski definition) is 4. The molecule has 0 atom stereocenters. The molecule has 0 unspecified atom stereocenters. The van der Waals surface area contributed by atoms with Crippen molar-refractivity contribution in [2.45, 2.75) is 6.54 Å². The molecule has 0 saturated heterocycles. The minimum absolute atomic E-state index is 0.0375. The first-order valence-corrected chi connectivity index (χ1v) is 6.68. The summed E-state index contributed by atoms with van der Waals surface area (Å²) < 4.78 is 7.67. The van der Waals surface area contributed by atoms with Crippen LogP contribution in [0.25, 0.3) is 0 Å². The van der Waals surface area contributed by atoms with Crippen LogP contribution < -0.4 is 4.74 Å². The van der Waals surface area contributed by atoms with Gasteiger partial charge in [0.1, 0.15) is 11.5 Å². The Morgan fingerprint density at radius 3 is 2.68 bits per heavy atom. The normalized spacial score (nSPS) is 10.4. The zero-order chi connectivity index (χ0) is 15.4. The molecule has 1 aromatic heterocycles. The number of benzene rings is 2. The molecule has 3 rings (SSSR count). The first-order valence-electron chi connectivity index (χ1n) is 6.68. The monoisotopic (exact) mass is 295 g/mol. The highest BCUT2D eigenvalue weighted by Gasteiger charge is 2.13. The van der Waals surface area contributed by atoms with Crippen LogP contribution in [0.2, 0.25) is 0 Å². The van der Waals surface area contributed by atoms with Crippen molar-refractivity contribution in [3.63, 3.8) is 0 Å². The van der Waals surface area contributed by atoms with Gasteiger partial charge in [-0.2, -0.15) is 0 Å². The number of aromatic nitrogens is 2. The molecule has 0 N–H and O–H groups in total. The van der Waals surface area contributed by atoms with Crippen LogP contribution in [-0.4, -0.2) is 14.5 Å². The fraction of sp³-hybridized carbons (Fsp3) is 0.0625. The summed E-state index contributed by atoms with van der Waals surface area (Å²) >= 11 is 0. The molecule has 1 heterocycles. The molecule has 0 aliphatic heterocycles. The first-order chi connectivity index (χ1) is 10.7. The highest BCUT2D eigenvalue weighted by Crippen LogP contribution is 2.29. The lowest BCUT2D eigenvalue weighted by atomic mass is 10.1. The molecule has 110 valence electrons. The molecule has 0 aliphatic carbocycles. The van der Waals surface area contributed by atoms with Crippen LogP contribution in [0.3, 0.4) is 0 Å². The van der Waals surface area contributed by atoms with E-state index in [1.807, 2.05) is 34.9 Å². The molecule has 6 nitrogen and oxygen atoms in total. The molecule has 0 radical (unpaired) electrons. The standard InChI is InChI=1S/C16H13N3O3/c20-19(21)14-6-7-16(22-15-4-2-1-3-5-15)13(10-14)11-18-9-8-17-12-18/h1-10,12H,11H2. The maximum Gasteiger partial charge on any atom is 0.270 e. The van der Waals surface area contributed by atoms with Crippen LogP contribution in [0.1, 0.15) is 5.56 Å². The molecule has 0 saturated carbocycles. The maximum absolute atomic E-state index is 11.0. The summed E-state index contributed by atoms with van der Waals surface area (Å²) in [5.41, 5.74) is 0.756. The smallest absolute Gasteiger partial charge is 0.270 e. The minimum Gasteiger partial charge on any atom is -0.457 e. The Morgan fingerprint density at radius 1 is 1.18 bits per heavy atom. The van der Waals surface area contributed by atoms with Gasteiger partial charge in [0.25, 0.3) is 5.69 Å². The third kappa shape index (κ3) is 3.12. The number of ether oxygens (including phenoxy) is 1. The summed E-state index contributed by atoms with van der Waals surface area (Å²) in [5, 5.41) is 11.0. The van der Waals surface area contributed by atoms with Crippen LogP contribution in [0.5, 0.6) is 11.5 Å². The number of nitro benzene ring substituents is 1. The van der Waals surface area contributed by atoms with E-state index in [-0.39, 0.29) is 5.69 Å². The van der Waals surface area contributed by atoms with Gasteiger partial charge in [-0.15, -0.1) is 0 Å². The van der Waals surface area contributed by atoms with Gasteiger partial charge in [0.15, 0.2) is 0 Å². The van der Waals surface area contributed by atoms with Crippen molar-refractivity contribution in [2.24, 2.45) is 0 Å². The maximum atomic E-state index is 11.0. The Balaban J connectivity index is 1.95. The number of rotatable bonds is 5. The predicted molar refractivity (Wildman–Crippen MR) is 80.9 cm³/mol. The zero-order valence-corrected chi connectivity index (χ0v) is 11.6. The lowest BCUT2D eigenvalue weighted by Gasteiger charge is -2.11. The molecule has 3 aromatic rings. The van der Waals surface area contributed by atoms with Crippen LogP contribution in [0.4, 0.5) is 5.69 Å². The van der Waals surface area contributed by atoms with Gasteiger partial charge in [-0.3, -0.25) is 10.1 Å². The van der Waals surface area contributed by atoms with E-state index in [0.717, 1.165) is 5.56 Å². The summed E-state index contributed by atoms with van der Waals surface area (Å²) in [7, 11) is 0. The van der Waals surface area contributed by atoms with E-state index in [1.165, 1.54) is 12.1 Å². The van der Waals surface area contributed by atoms with Crippen molar-refractivity contribution in [1.29, 1.82) is 0 Å². The van der Waals surface area contributed by atoms with E-state index in [4.69, 9.17) is 4.74 Å². The van der Waals surface area contributed by atoms with Gasteiger partial charge in [0.2, 0.25) is 0 Å². The Labute approximate surface area is 126 Å². The van der Waals surface area contributed by atoms with Gasteiger partial charge >= 0.3 is 0 Å². The van der Waals surface area contributed by atoms with E-state index >= 15 is 0 Å². The molecular formula is C16H13N3O3. The minimum atomic E-state index is -0.413. The largest absolute Gasteiger partial charge is 0.457 e. The van der Waals surface area contributed by atoms with E-state index in [0.29, 0.717) is 18.0 Å². The lowest BCUT2D eigenvalue weighted by molar-refractivity contribution is -0.384. The highest BCUT2D eigenvalue weighted by molar-refractivity contribution is 5.45. The number of hydrogen-bond donors (Lipinski definition) is 0. The molecule has 0 bridgehead atoms. The average molecular weight is 295 g/mol. The van der Waals surface area contributed by atoms with Crippen LogP contribution in [0, 0.1) is 10.1 Å². The Hall–Kier alpha value is -3.15. The fourth-order valence-electron chi connectivity index (χ4n) is 2.10. The zero-order valence-electron chi connectivity index (χ0n) is 11.6. The van der Waals surface area contributed by atoms with Gasteiger partial charge in [-0.1, -0.05) is 18.2 Å². The second kappa shape index (κ2) is 6.09. The second-order valence-electron chi connectivity index (χ2n) is 4.70.